The number of halogens is 3. The number of esters is 1. The number of carbonyl (C=O) groups excluding carboxylic acids is 2. The van der Waals surface area contributed by atoms with Crippen molar-refractivity contribution in [2.75, 3.05) is 7.11 Å². The highest BCUT2D eigenvalue weighted by atomic mass is 19.4. The van der Waals surface area contributed by atoms with Gasteiger partial charge in [0.15, 0.2) is 0 Å². The van der Waals surface area contributed by atoms with E-state index in [2.05, 4.69) is 4.74 Å². The van der Waals surface area contributed by atoms with Crippen LogP contribution in [0.5, 0.6) is 0 Å². The van der Waals surface area contributed by atoms with Crippen molar-refractivity contribution in [3.8, 4) is 0 Å². The smallest absolute Gasteiger partial charge is 0.469 e. The van der Waals surface area contributed by atoms with Crippen LogP contribution < -0.4 is 5.32 Å². The summed E-state index contributed by atoms with van der Waals surface area (Å²) in [5.41, 5.74) is 1.80. The van der Waals surface area contributed by atoms with Gasteiger partial charge in [0.05, 0.1) is 7.11 Å². The summed E-state index contributed by atoms with van der Waals surface area (Å²) in [7, 11) is 1.20. The molecular formula is C15H18F3NO3. The quantitative estimate of drug-likeness (QED) is 0.820. The van der Waals surface area contributed by atoms with Crippen LogP contribution >= 0.6 is 0 Å². The van der Waals surface area contributed by atoms with Crippen LogP contribution in [0.25, 0.3) is 0 Å². The zero-order valence-electron chi connectivity index (χ0n) is 12.4. The molecule has 7 heteroatoms. The first-order valence-corrected chi connectivity index (χ1v) is 6.72. The second kappa shape index (κ2) is 7.82. The van der Waals surface area contributed by atoms with Crippen LogP contribution in [0.15, 0.2) is 24.3 Å². The van der Waals surface area contributed by atoms with Crippen molar-refractivity contribution < 1.29 is 27.5 Å². The molecule has 0 heterocycles. The molecule has 1 rings (SSSR count). The Morgan fingerprint density at radius 1 is 1.23 bits per heavy atom. The number of alkyl halides is 3. The second-order valence-corrected chi connectivity index (χ2v) is 4.97. The largest absolute Gasteiger partial charge is 0.471 e. The van der Waals surface area contributed by atoms with E-state index in [-0.39, 0.29) is 19.3 Å². The van der Waals surface area contributed by atoms with Crippen molar-refractivity contribution in [2.45, 2.75) is 38.4 Å². The molecule has 0 fully saturated rings. The van der Waals surface area contributed by atoms with Crippen LogP contribution in [0.1, 0.15) is 24.0 Å². The molecule has 0 saturated carbocycles. The summed E-state index contributed by atoms with van der Waals surface area (Å²) < 4.78 is 41.6. The maximum Gasteiger partial charge on any atom is 0.471 e. The molecule has 0 aliphatic rings. The molecule has 0 spiro atoms. The highest BCUT2D eigenvalue weighted by Crippen LogP contribution is 2.16. The molecule has 0 aliphatic carbocycles. The van der Waals surface area contributed by atoms with E-state index in [0.717, 1.165) is 11.1 Å². The number of amides is 1. The third kappa shape index (κ3) is 6.15. The van der Waals surface area contributed by atoms with Gasteiger partial charge in [0.2, 0.25) is 0 Å². The van der Waals surface area contributed by atoms with Gasteiger partial charge in [-0.3, -0.25) is 9.59 Å². The van der Waals surface area contributed by atoms with Gasteiger partial charge in [0.25, 0.3) is 0 Å². The fourth-order valence-electron chi connectivity index (χ4n) is 1.90. The maximum absolute atomic E-state index is 12.4. The van der Waals surface area contributed by atoms with Gasteiger partial charge in [0.1, 0.15) is 0 Å². The Morgan fingerprint density at radius 3 is 2.32 bits per heavy atom. The molecule has 1 N–H and O–H groups in total. The van der Waals surface area contributed by atoms with Gasteiger partial charge in [-0.2, -0.15) is 13.2 Å². The van der Waals surface area contributed by atoms with E-state index in [1.807, 2.05) is 24.4 Å². The molecule has 4 nitrogen and oxygen atoms in total. The van der Waals surface area contributed by atoms with Crippen LogP contribution in [0.4, 0.5) is 13.2 Å². The van der Waals surface area contributed by atoms with Crippen LogP contribution in [0.2, 0.25) is 0 Å². The number of carbonyl (C=O) groups is 2. The summed E-state index contributed by atoms with van der Waals surface area (Å²) >= 11 is 0. The SMILES string of the molecule is COC(=O)CC[C@@H](Cc1ccc(C)cc1)NC(=O)C(F)(F)F. The summed E-state index contributed by atoms with van der Waals surface area (Å²) in [6, 6.07) is 6.42. The Balaban J connectivity index is 2.74. The second-order valence-electron chi connectivity index (χ2n) is 4.97. The first-order valence-electron chi connectivity index (χ1n) is 6.72. The monoisotopic (exact) mass is 317 g/mol. The molecule has 0 saturated heterocycles. The van der Waals surface area contributed by atoms with Gasteiger partial charge in [-0.25, -0.2) is 0 Å². The molecular weight excluding hydrogens is 299 g/mol. The van der Waals surface area contributed by atoms with Gasteiger partial charge in [-0.15, -0.1) is 0 Å². The van der Waals surface area contributed by atoms with Gasteiger partial charge in [0, 0.05) is 12.5 Å². The number of hydrogen-bond acceptors (Lipinski definition) is 3. The Labute approximate surface area is 126 Å². The number of ether oxygens (including phenoxy) is 1. The summed E-state index contributed by atoms with van der Waals surface area (Å²) in [5.74, 6) is -2.54. The Bertz CT molecular complexity index is 512. The van der Waals surface area contributed by atoms with Crippen molar-refractivity contribution in [1.29, 1.82) is 0 Å². The van der Waals surface area contributed by atoms with Crippen molar-refractivity contribution in [1.82, 2.24) is 5.32 Å². The summed E-state index contributed by atoms with van der Waals surface area (Å²) in [6.07, 6.45) is -4.73. The van der Waals surface area contributed by atoms with Crippen molar-refractivity contribution in [3.05, 3.63) is 35.4 Å². The lowest BCUT2D eigenvalue weighted by molar-refractivity contribution is -0.174. The maximum atomic E-state index is 12.4. The Kier molecular flexibility index (Phi) is 6.39. The van der Waals surface area contributed by atoms with Crippen LogP contribution in [-0.2, 0) is 20.7 Å². The molecule has 1 aromatic carbocycles. The van der Waals surface area contributed by atoms with Gasteiger partial charge in [-0.05, 0) is 25.3 Å². The van der Waals surface area contributed by atoms with Crippen LogP contribution in [-0.4, -0.2) is 31.2 Å². The lowest BCUT2D eigenvalue weighted by Gasteiger charge is -2.19. The van der Waals surface area contributed by atoms with Crippen molar-refractivity contribution >= 4 is 11.9 Å². The third-order valence-electron chi connectivity index (χ3n) is 3.12. The standard InChI is InChI=1S/C15H18F3NO3/c1-10-3-5-11(6-4-10)9-12(7-8-13(20)22-2)19-14(21)15(16,17)18/h3-6,12H,7-9H2,1-2H3,(H,19,21)/t12-/m0/s1. The number of aryl methyl sites for hydroxylation is 1. The minimum Gasteiger partial charge on any atom is -0.469 e. The molecule has 122 valence electrons. The molecule has 1 amide bonds. The number of methoxy groups -OCH3 is 1. The van der Waals surface area contributed by atoms with E-state index in [1.54, 1.807) is 12.1 Å². The third-order valence-corrected chi connectivity index (χ3v) is 3.12. The zero-order chi connectivity index (χ0) is 16.8. The van der Waals surface area contributed by atoms with Gasteiger partial charge >= 0.3 is 18.1 Å². The molecule has 0 aromatic heterocycles. The summed E-state index contributed by atoms with van der Waals surface area (Å²) in [4.78, 5) is 22.2. The van der Waals surface area contributed by atoms with Crippen molar-refractivity contribution in [3.63, 3.8) is 0 Å². The lowest BCUT2D eigenvalue weighted by atomic mass is 10.0. The van der Waals surface area contributed by atoms with E-state index in [1.165, 1.54) is 7.11 Å². The Hall–Kier alpha value is -2.05. The Morgan fingerprint density at radius 2 is 1.82 bits per heavy atom. The highest BCUT2D eigenvalue weighted by molar-refractivity contribution is 5.82. The van der Waals surface area contributed by atoms with Crippen LogP contribution in [0.3, 0.4) is 0 Å². The normalized spacial score (nSPS) is 12.6. The molecule has 0 radical (unpaired) electrons. The summed E-state index contributed by atoms with van der Waals surface area (Å²) in [6.45, 7) is 1.89. The zero-order valence-corrected chi connectivity index (χ0v) is 12.4. The average Bonchev–Trinajstić information content (AvgIpc) is 2.45. The van der Waals surface area contributed by atoms with Gasteiger partial charge < -0.3 is 10.1 Å². The fraction of sp³-hybridized carbons (Fsp3) is 0.467. The first-order chi connectivity index (χ1) is 10.2. The highest BCUT2D eigenvalue weighted by Gasteiger charge is 2.39. The van der Waals surface area contributed by atoms with E-state index in [0.29, 0.717) is 0 Å². The number of rotatable bonds is 6. The topological polar surface area (TPSA) is 55.4 Å². The summed E-state index contributed by atoms with van der Waals surface area (Å²) in [5, 5.41) is 1.93. The molecule has 0 bridgehead atoms. The van der Waals surface area contributed by atoms with Crippen LogP contribution in [0, 0.1) is 6.92 Å². The van der Waals surface area contributed by atoms with Gasteiger partial charge in [-0.1, -0.05) is 29.8 Å². The molecule has 1 atom stereocenters. The van der Waals surface area contributed by atoms with E-state index >= 15 is 0 Å². The molecule has 1 aromatic rings. The minimum atomic E-state index is -4.95. The number of hydrogen-bond donors (Lipinski definition) is 1. The molecule has 22 heavy (non-hydrogen) atoms. The predicted octanol–water partition coefficient (Wildman–Crippen LogP) is 2.54. The van der Waals surface area contributed by atoms with E-state index in [9.17, 15) is 22.8 Å². The number of benzene rings is 1. The molecule has 0 aliphatic heterocycles. The number of nitrogens with one attached hydrogen (secondary N) is 1. The van der Waals surface area contributed by atoms with E-state index < -0.39 is 24.1 Å². The average molecular weight is 317 g/mol. The van der Waals surface area contributed by atoms with Crippen molar-refractivity contribution in [2.24, 2.45) is 0 Å². The van der Waals surface area contributed by atoms with E-state index in [4.69, 9.17) is 0 Å². The predicted molar refractivity (Wildman–Crippen MR) is 74.1 cm³/mol. The first kappa shape index (κ1) is 18.0. The fourth-order valence-corrected chi connectivity index (χ4v) is 1.90. The lowest BCUT2D eigenvalue weighted by Crippen LogP contribution is -2.44. The molecule has 0 unspecified atom stereocenters. The minimum absolute atomic E-state index is 0.0643.